The van der Waals surface area contributed by atoms with Crippen molar-refractivity contribution in [2.45, 2.75) is 6.04 Å². The van der Waals surface area contributed by atoms with E-state index in [2.05, 4.69) is 0 Å². The van der Waals surface area contributed by atoms with Crippen LogP contribution >= 0.6 is 0 Å². The van der Waals surface area contributed by atoms with E-state index < -0.39 is 12.7 Å². The van der Waals surface area contributed by atoms with Crippen LogP contribution in [0.2, 0.25) is 0 Å². The molecule has 0 amide bonds. The van der Waals surface area contributed by atoms with E-state index in [4.69, 9.17) is 15.2 Å². The molecule has 1 atom stereocenters. The van der Waals surface area contributed by atoms with Gasteiger partial charge in [0.05, 0.1) is 20.3 Å². The standard InChI is InChI=1S/C10H14FNO2/c1-13-7-3-4-10(14-2)8(5-7)9(12)6-11/h3-5,9H,6,12H2,1-2H3/t9-/m1/s1. The van der Waals surface area contributed by atoms with Crippen LogP contribution in [0.5, 0.6) is 11.5 Å². The molecule has 1 aromatic carbocycles. The zero-order valence-corrected chi connectivity index (χ0v) is 8.29. The molecule has 0 heterocycles. The van der Waals surface area contributed by atoms with E-state index in [1.54, 1.807) is 25.3 Å². The van der Waals surface area contributed by atoms with Crippen LogP contribution in [0.15, 0.2) is 18.2 Å². The average Bonchev–Trinajstić information content (AvgIpc) is 2.27. The van der Waals surface area contributed by atoms with Gasteiger partial charge >= 0.3 is 0 Å². The molecule has 4 heteroatoms. The molecule has 0 aliphatic carbocycles. The Morgan fingerprint density at radius 2 is 2.07 bits per heavy atom. The fourth-order valence-corrected chi connectivity index (χ4v) is 1.21. The van der Waals surface area contributed by atoms with Crippen LogP contribution < -0.4 is 15.2 Å². The highest BCUT2D eigenvalue weighted by molar-refractivity contribution is 5.42. The average molecular weight is 199 g/mol. The zero-order valence-electron chi connectivity index (χ0n) is 8.29. The number of rotatable bonds is 4. The topological polar surface area (TPSA) is 44.5 Å². The number of benzene rings is 1. The molecule has 14 heavy (non-hydrogen) atoms. The molecule has 0 aromatic heterocycles. The second kappa shape index (κ2) is 4.81. The van der Waals surface area contributed by atoms with Gasteiger partial charge in [-0.1, -0.05) is 0 Å². The van der Waals surface area contributed by atoms with Gasteiger partial charge in [0.2, 0.25) is 0 Å². The van der Waals surface area contributed by atoms with Gasteiger partial charge in [-0.2, -0.15) is 0 Å². The van der Waals surface area contributed by atoms with Crippen LogP contribution in [0.4, 0.5) is 4.39 Å². The molecular weight excluding hydrogens is 185 g/mol. The third-order valence-electron chi connectivity index (χ3n) is 2.00. The van der Waals surface area contributed by atoms with Crippen molar-refractivity contribution in [2.75, 3.05) is 20.9 Å². The van der Waals surface area contributed by atoms with E-state index in [9.17, 15) is 4.39 Å². The molecule has 2 N–H and O–H groups in total. The van der Waals surface area contributed by atoms with Gasteiger partial charge in [0, 0.05) is 5.56 Å². The third kappa shape index (κ3) is 2.14. The minimum atomic E-state index is -0.667. The maximum Gasteiger partial charge on any atom is 0.123 e. The van der Waals surface area contributed by atoms with Crippen LogP contribution in [0.25, 0.3) is 0 Å². The Morgan fingerprint density at radius 3 is 2.57 bits per heavy atom. The van der Waals surface area contributed by atoms with Crippen molar-refractivity contribution in [1.82, 2.24) is 0 Å². The van der Waals surface area contributed by atoms with Crippen molar-refractivity contribution in [3.63, 3.8) is 0 Å². The molecule has 0 saturated heterocycles. The maximum atomic E-state index is 12.4. The van der Waals surface area contributed by atoms with Crippen LogP contribution in [0.3, 0.4) is 0 Å². The first-order chi connectivity index (χ1) is 6.72. The van der Waals surface area contributed by atoms with Crippen molar-refractivity contribution >= 4 is 0 Å². The quantitative estimate of drug-likeness (QED) is 0.802. The summed E-state index contributed by atoms with van der Waals surface area (Å²) < 4.78 is 22.5. The molecular formula is C10H14FNO2. The van der Waals surface area contributed by atoms with E-state index in [1.165, 1.54) is 7.11 Å². The van der Waals surface area contributed by atoms with Gasteiger partial charge in [0.15, 0.2) is 0 Å². The normalized spacial score (nSPS) is 12.3. The van der Waals surface area contributed by atoms with Gasteiger partial charge in [0.25, 0.3) is 0 Å². The second-order valence-electron chi connectivity index (χ2n) is 2.87. The minimum absolute atomic E-state index is 0.580. The highest BCUT2D eigenvalue weighted by atomic mass is 19.1. The predicted molar refractivity (Wildman–Crippen MR) is 52.4 cm³/mol. The molecule has 1 aromatic rings. The number of alkyl halides is 1. The van der Waals surface area contributed by atoms with Crippen LogP contribution in [-0.2, 0) is 0 Å². The fourth-order valence-electron chi connectivity index (χ4n) is 1.21. The minimum Gasteiger partial charge on any atom is -0.497 e. The van der Waals surface area contributed by atoms with Gasteiger partial charge in [-0.25, -0.2) is 4.39 Å². The van der Waals surface area contributed by atoms with Gasteiger partial charge in [-0.05, 0) is 18.2 Å². The van der Waals surface area contributed by atoms with Gasteiger partial charge in [-0.3, -0.25) is 0 Å². The van der Waals surface area contributed by atoms with Crippen LogP contribution in [0, 0.1) is 0 Å². The molecule has 3 nitrogen and oxygen atoms in total. The van der Waals surface area contributed by atoms with E-state index in [0.29, 0.717) is 17.1 Å². The first-order valence-corrected chi connectivity index (χ1v) is 4.26. The Labute approximate surface area is 82.6 Å². The molecule has 1 rings (SSSR count). The van der Waals surface area contributed by atoms with Crippen LogP contribution in [0.1, 0.15) is 11.6 Å². The lowest BCUT2D eigenvalue weighted by Gasteiger charge is -2.13. The summed E-state index contributed by atoms with van der Waals surface area (Å²) in [7, 11) is 3.07. The highest BCUT2D eigenvalue weighted by Crippen LogP contribution is 2.28. The zero-order chi connectivity index (χ0) is 10.6. The predicted octanol–water partition coefficient (Wildman–Crippen LogP) is 1.67. The molecule has 0 unspecified atom stereocenters. The number of halogens is 1. The number of nitrogens with two attached hydrogens (primary N) is 1. The highest BCUT2D eigenvalue weighted by Gasteiger charge is 2.12. The summed E-state index contributed by atoms with van der Waals surface area (Å²) in [5.41, 5.74) is 6.20. The monoisotopic (exact) mass is 199 g/mol. The van der Waals surface area contributed by atoms with Crippen molar-refractivity contribution in [1.29, 1.82) is 0 Å². The molecule has 0 spiro atoms. The first kappa shape index (κ1) is 10.8. The van der Waals surface area contributed by atoms with Crippen molar-refractivity contribution in [2.24, 2.45) is 5.73 Å². The maximum absolute atomic E-state index is 12.4. The second-order valence-corrected chi connectivity index (χ2v) is 2.87. The number of ether oxygens (including phenoxy) is 2. The molecule has 78 valence electrons. The van der Waals surface area contributed by atoms with E-state index >= 15 is 0 Å². The molecule has 0 saturated carbocycles. The molecule has 0 fully saturated rings. The lowest BCUT2D eigenvalue weighted by atomic mass is 10.1. The van der Waals surface area contributed by atoms with E-state index in [-0.39, 0.29) is 0 Å². The summed E-state index contributed by atoms with van der Waals surface area (Å²) >= 11 is 0. The van der Waals surface area contributed by atoms with Crippen molar-refractivity contribution in [3.8, 4) is 11.5 Å². The van der Waals surface area contributed by atoms with Gasteiger partial charge in [0.1, 0.15) is 18.2 Å². The molecule has 0 aliphatic rings. The summed E-state index contributed by atoms with van der Waals surface area (Å²) in [6, 6.07) is 4.47. The van der Waals surface area contributed by atoms with Crippen molar-refractivity contribution < 1.29 is 13.9 Å². The largest absolute Gasteiger partial charge is 0.497 e. The number of hydrogen-bond donors (Lipinski definition) is 1. The Bertz CT molecular complexity index is 304. The van der Waals surface area contributed by atoms with Gasteiger partial charge < -0.3 is 15.2 Å². The summed E-state index contributed by atoms with van der Waals surface area (Å²) in [6.07, 6.45) is 0. The SMILES string of the molecule is COc1ccc(OC)c([C@H](N)CF)c1. The van der Waals surface area contributed by atoms with Crippen molar-refractivity contribution in [3.05, 3.63) is 23.8 Å². The van der Waals surface area contributed by atoms with Gasteiger partial charge in [-0.15, -0.1) is 0 Å². The number of methoxy groups -OCH3 is 2. The van der Waals surface area contributed by atoms with Crippen LogP contribution in [-0.4, -0.2) is 20.9 Å². The Kier molecular flexibility index (Phi) is 3.71. The lowest BCUT2D eigenvalue weighted by Crippen LogP contribution is -2.13. The smallest absolute Gasteiger partial charge is 0.123 e. The van der Waals surface area contributed by atoms with E-state index in [0.717, 1.165) is 0 Å². The first-order valence-electron chi connectivity index (χ1n) is 4.26. The summed E-state index contributed by atoms with van der Waals surface area (Å²) in [6.45, 7) is -0.622. The fraction of sp³-hybridized carbons (Fsp3) is 0.400. The number of hydrogen-bond acceptors (Lipinski definition) is 3. The molecule has 0 radical (unpaired) electrons. The third-order valence-corrected chi connectivity index (χ3v) is 2.00. The van der Waals surface area contributed by atoms with E-state index in [1.807, 2.05) is 0 Å². The Balaban J connectivity index is 3.08. The summed E-state index contributed by atoms with van der Waals surface area (Å²) in [4.78, 5) is 0. The Hall–Kier alpha value is -1.29. The molecule has 0 bridgehead atoms. The Morgan fingerprint density at radius 1 is 1.36 bits per heavy atom. The lowest BCUT2D eigenvalue weighted by molar-refractivity contribution is 0.382. The molecule has 0 aliphatic heterocycles. The summed E-state index contributed by atoms with van der Waals surface area (Å²) in [5, 5.41) is 0. The summed E-state index contributed by atoms with van der Waals surface area (Å²) in [5.74, 6) is 1.22.